The SMILES string of the molecule is CCn1ncc2c(C(=O)Nc3ccccc3F)cc(-c3cccs3)nc21. The zero-order valence-corrected chi connectivity index (χ0v) is 14.8. The molecule has 1 aromatic carbocycles. The molecule has 5 nitrogen and oxygen atoms in total. The van der Waals surface area contributed by atoms with E-state index < -0.39 is 11.7 Å². The third-order valence-electron chi connectivity index (χ3n) is 4.05. The lowest BCUT2D eigenvalue weighted by atomic mass is 10.1. The molecule has 0 bridgehead atoms. The zero-order chi connectivity index (χ0) is 18.1. The molecule has 0 fully saturated rings. The van der Waals surface area contributed by atoms with Crippen LogP contribution in [0.3, 0.4) is 0 Å². The molecule has 1 amide bonds. The predicted octanol–water partition coefficient (Wildman–Crippen LogP) is 4.57. The molecule has 0 unspecified atom stereocenters. The van der Waals surface area contributed by atoms with Gasteiger partial charge in [-0.1, -0.05) is 18.2 Å². The van der Waals surface area contributed by atoms with Gasteiger partial charge in [-0.25, -0.2) is 14.1 Å². The highest BCUT2D eigenvalue weighted by Gasteiger charge is 2.18. The molecule has 0 atom stereocenters. The third kappa shape index (κ3) is 2.86. The van der Waals surface area contributed by atoms with Crippen molar-refractivity contribution in [2.75, 3.05) is 5.32 Å². The quantitative estimate of drug-likeness (QED) is 0.575. The summed E-state index contributed by atoms with van der Waals surface area (Å²) in [5.74, 6) is -0.871. The van der Waals surface area contributed by atoms with Crippen molar-refractivity contribution < 1.29 is 9.18 Å². The fraction of sp³-hybridized carbons (Fsp3) is 0.105. The molecule has 0 spiro atoms. The number of aromatic nitrogens is 3. The van der Waals surface area contributed by atoms with E-state index in [0.717, 1.165) is 4.88 Å². The summed E-state index contributed by atoms with van der Waals surface area (Å²) in [5, 5.41) is 9.55. The van der Waals surface area contributed by atoms with Crippen molar-refractivity contribution in [2.45, 2.75) is 13.5 Å². The van der Waals surface area contributed by atoms with Crippen molar-refractivity contribution in [1.82, 2.24) is 14.8 Å². The minimum absolute atomic E-state index is 0.142. The molecule has 0 saturated carbocycles. The van der Waals surface area contributed by atoms with Crippen LogP contribution in [0.25, 0.3) is 21.6 Å². The topological polar surface area (TPSA) is 59.8 Å². The molecule has 0 aliphatic rings. The van der Waals surface area contributed by atoms with Crippen molar-refractivity contribution >= 4 is 34.0 Å². The number of carbonyl (C=O) groups is 1. The molecule has 0 aliphatic carbocycles. The Morgan fingerprint density at radius 3 is 2.85 bits per heavy atom. The Morgan fingerprint density at radius 1 is 1.27 bits per heavy atom. The lowest BCUT2D eigenvalue weighted by Gasteiger charge is -2.09. The molecule has 3 aromatic heterocycles. The smallest absolute Gasteiger partial charge is 0.256 e. The van der Waals surface area contributed by atoms with Crippen LogP contribution in [0.2, 0.25) is 0 Å². The Bertz CT molecular complexity index is 1090. The van der Waals surface area contributed by atoms with Crippen LogP contribution in [0.5, 0.6) is 0 Å². The summed E-state index contributed by atoms with van der Waals surface area (Å²) in [6.45, 7) is 2.60. The summed E-state index contributed by atoms with van der Waals surface area (Å²) in [5.41, 5.74) is 1.89. The van der Waals surface area contributed by atoms with Crippen molar-refractivity contribution in [1.29, 1.82) is 0 Å². The summed E-state index contributed by atoms with van der Waals surface area (Å²) in [6, 6.07) is 11.7. The van der Waals surface area contributed by atoms with Gasteiger partial charge < -0.3 is 5.32 Å². The Balaban J connectivity index is 1.84. The van der Waals surface area contributed by atoms with E-state index in [1.54, 1.807) is 40.4 Å². The van der Waals surface area contributed by atoms with Gasteiger partial charge in [0.05, 0.1) is 33.4 Å². The van der Waals surface area contributed by atoms with Gasteiger partial charge in [-0.05, 0) is 36.6 Å². The molecule has 0 saturated heterocycles. The largest absolute Gasteiger partial charge is 0.319 e. The van der Waals surface area contributed by atoms with E-state index in [9.17, 15) is 9.18 Å². The van der Waals surface area contributed by atoms with Gasteiger partial charge in [0.15, 0.2) is 5.65 Å². The maximum Gasteiger partial charge on any atom is 0.256 e. The monoisotopic (exact) mass is 366 g/mol. The third-order valence-corrected chi connectivity index (χ3v) is 4.94. The summed E-state index contributed by atoms with van der Waals surface area (Å²) in [4.78, 5) is 18.5. The molecule has 4 aromatic rings. The molecular formula is C19H15FN4OS. The number of thiophene rings is 1. The number of pyridine rings is 1. The Labute approximate surface area is 153 Å². The van der Waals surface area contributed by atoms with Crippen LogP contribution in [-0.2, 0) is 6.54 Å². The second kappa shape index (κ2) is 6.68. The highest BCUT2D eigenvalue weighted by molar-refractivity contribution is 7.13. The van der Waals surface area contributed by atoms with Gasteiger partial charge in [0.25, 0.3) is 5.91 Å². The van der Waals surface area contributed by atoms with Gasteiger partial charge in [-0.15, -0.1) is 11.3 Å². The standard InChI is InChI=1S/C19H15FN4OS/c1-2-24-18-13(11-21-24)12(10-16(22-18)17-8-5-9-26-17)19(25)23-15-7-4-3-6-14(15)20/h3-11H,2H2,1H3,(H,23,25). The van der Waals surface area contributed by atoms with Crippen LogP contribution in [-0.4, -0.2) is 20.7 Å². The highest BCUT2D eigenvalue weighted by Crippen LogP contribution is 2.28. The lowest BCUT2D eigenvalue weighted by molar-refractivity contribution is 0.102. The van der Waals surface area contributed by atoms with Gasteiger partial charge in [-0.3, -0.25) is 4.79 Å². The van der Waals surface area contributed by atoms with Crippen LogP contribution in [0, 0.1) is 5.82 Å². The van der Waals surface area contributed by atoms with Crippen LogP contribution < -0.4 is 5.32 Å². The second-order valence-electron chi connectivity index (χ2n) is 5.66. The van der Waals surface area contributed by atoms with Crippen molar-refractivity contribution in [3.05, 3.63) is 65.4 Å². The Hall–Kier alpha value is -3.06. The van der Waals surface area contributed by atoms with Crippen molar-refractivity contribution in [3.63, 3.8) is 0 Å². The molecule has 7 heteroatoms. The molecular weight excluding hydrogens is 351 g/mol. The highest BCUT2D eigenvalue weighted by atomic mass is 32.1. The Kier molecular flexibility index (Phi) is 4.22. The molecule has 130 valence electrons. The van der Waals surface area contributed by atoms with E-state index in [0.29, 0.717) is 28.8 Å². The van der Waals surface area contributed by atoms with Gasteiger partial charge >= 0.3 is 0 Å². The van der Waals surface area contributed by atoms with Crippen molar-refractivity contribution in [2.24, 2.45) is 0 Å². The van der Waals surface area contributed by atoms with Gasteiger partial charge in [0.2, 0.25) is 0 Å². The first kappa shape index (κ1) is 16.4. The first-order valence-electron chi connectivity index (χ1n) is 8.13. The number of benzene rings is 1. The number of fused-ring (bicyclic) bond motifs is 1. The molecule has 4 rings (SSSR count). The number of hydrogen-bond donors (Lipinski definition) is 1. The average molecular weight is 366 g/mol. The molecule has 1 N–H and O–H groups in total. The minimum atomic E-state index is -0.478. The minimum Gasteiger partial charge on any atom is -0.319 e. The number of carbonyl (C=O) groups excluding carboxylic acids is 1. The van der Waals surface area contributed by atoms with Crippen LogP contribution in [0.15, 0.2) is 54.0 Å². The first-order valence-corrected chi connectivity index (χ1v) is 9.01. The number of nitrogens with one attached hydrogen (secondary N) is 1. The van der Waals surface area contributed by atoms with E-state index in [-0.39, 0.29) is 5.69 Å². The summed E-state index contributed by atoms with van der Waals surface area (Å²) in [7, 11) is 0. The number of nitrogens with zero attached hydrogens (tertiary/aromatic N) is 3. The number of amides is 1. The molecule has 0 aliphatic heterocycles. The lowest BCUT2D eigenvalue weighted by Crippen LogP contribution is -2.14. The maximum atomic E-state index is 13.9. The summed E-state index contributed by atoms with van der Waals surface area (Å²) >= 11 is 1.54. The van der Waals surface area contributed by atoms with Crippen molar-refractivity contribution in [3.8, 4) is 10.6 Å². The van der Waals surface area contributed by atoms with E-state index in [1.807, 2.05) is 24.4 Å². The molecule has 3 heterocycles. The van der Waals surface area contributed by atoms with Gasteiger partial charge in [0.1, 0.15) is 5.82 Å². The normalized spacial score (nSPS) is 11.0. The number of aryl methyl sites for hydroxylation is 1. The fourth-order valence-electron chi connectivity index (χ4n) is 2.77. The average Bonchev–Trinajstić information content (AvgIpc) is 3.32. The fourth-order valence-corrected chi connectivity index (χ4v) is 3.46. The van der Waals surface area contributed by atoms with Gasteiger partial charge in [0, 0.05) is 6.54 Å². The Morgan fingerprint density at radius 2 is 2.12 bits per heavy atom. The van der Waals surface area contributed by atoms with Crippen LogP contribution in [0.1, 0.15) is 17.3 Å². The maximum absolute atomic E-state index is 13.9. The van der Waals surface area contributed by atoms with Gasteiger partial charge in [-0.2, -0.15) is 5.10 Å². The zero-order valence-electron chi connectivity index (χ0n) is 13.9. The molecule has 0 radical (unpaired) electrons. The number of hydrogen-bond acceptors (Lipinski definition) is 4. The number of para-hydroxylation sites is 1. The van der Waals surface area contributed by atoms with E-state index in [1.165, 1.54) is 12.1 Å². The first-order chi connectivity index (χ1) is 12.7. The van der Waals surface area contributed by atoms with Crippen LogP contribution in [0.4, 0.5) is 10.1 Å². The summed E-state index contributed by atoms with van der Waals surface area (Å²) < 4.78 is 15.6. The number of halogens is 1. The predicted molar refractivity (Wildman–Crippen MR) is 101 cm³/mol. The molecule has 26 heavy (non-hydrogen) atoms. The number of anilines is 1. The van der Waals surface area contributed by atoms with E-state index in [2.05, 4.69) is 15.4 Å². The summed E-state index contributed by atoms with van der Waals surface area (Å²) in [6.07, 6.45) is 1.63. The van der Waals surface area contributed by atoms with E-state index >= 15 is 0 Å². The van der Waals surface area contributed by atoms with E-state index in [4.69, 9.17) is 0 Å². The van der Waals surface area contributed by atoms with Crippen LogP contribution >= 0.6 is 11.3 Å². The number of rotatable bonds is 4. The second-order valence-corrected chi connectivity index (χ2v) is 6.61.